The number of carboxylic acid groups (broad SMARTS) is 1. The number of benzene rings is 2. The third-order valence-corrected chi connectivity index (χ3v) is 6.89. The SMILES string of the molecule is CCC[C@H](NC(=O)OCC1c2ccccc2-c2ccccc21)C(=O)NCC1(C(=O)O)CCC1. The lowest BCUT2D eigenvalue weighted by Crippen LogP contribution is -2.52. The quantitative estimate of drug-likeness (QED) is 0.534. The van der Waals surface area contributed by atoms with Crippen molar-refractivity contribution in [3.63, 3.8) is 0 Å². The molecule has 0 aromatic heterocycles. The van der Waals surface area contributed by atoms with Gasteiger partial charge in [-0.05, 0) is 41.5 Å². The summed E-state index contributed by atoms with van der Waals surface area (Å²) in [6, 6.07) is 15.4. The first kappa shape index (κ1) is 22.8. The number of nitrogens with one attached hydrogen (secondary N) is 2. The number of amides is 2. The Bertz CT molecular complexity index is 1000. The maximum atomic E-state index is 12.7. The highest BCUT2D eigenvalue weighted by Gasteiger charge is 2.44. The van der Waals surface area contributed by atoms with Gasteiger partial charge < -0.3 is 20.5 Å². The molecule has 0 unspecified atom stereocenters. The van der Waals surface area contributed by atoms with Crippen molar-refractivity contribution in [2.75, 3.05) is 13.2 Å². The molecule has 0 bridgehead atoms. The van der Waals surface area contributed by atoms with Crippen LogP contribution in [0.15, 0.2) is 48.5 Å². The zero-order valence-corrected chi connectivity index (χ0v) is 18.8. The Morgan fingerprint density at radius 2 is 1.67 bits per heavy atom. The molecule has 7 heteroatoms. The van der Waals surface area contributed by atoms with Gasteiger partial charge in [-0.25, -0.2) is 4.79 Å². The number of alkyl carbamates (subject to hydrolysis) is 1. The van der Waals surface area contributed by atoms with Gasteiger partial charge in [0.2, 0.25) is 5.91 Å². The van der Waals surface area contributed by atoms with Crippen LogP contribution >= 0.6 is 0 Å². The van der Waals surface area contributed by atoms with Crippen LogP contribution < -0.4 is 10.6 Å². The number of aliphatic carboxylic acids is 1. The van der Waals surface area contributed by atoms with Crippen LogP contribution in [0.3, 0.4) is 0 Å². The molecule has 0 heterocycles. The Labute approximate surface area is 193 Å². The molecule has 0 aliphatic heterocycles. The largest absolute Gasteiger partial charge is 0.481 e. The van der Waals surface area contributed by atoms with Gasteiger partial charge in [0.15, 0.2) is 0 Å². The summed E-state index contributed by atoms with van der Waals surface area (Å²) in [5, 5.41) is 14.9. The summed E-state index contributed by atoms with van der Waals surface area (Å²) in [5.74, 6) is -1.32. The summed E-state index contributed by atoms with van der Waals surface area (Å²) in [5.41, 5.74) is 3.65. The molecule has 3 N–H and O–H groups in total. The Morgan fingerprint density at radius 3 is 2.18 bits per heavy atom. The summed E-state index contributed by atoms with van der Waals surface area (Å²) in [6.45, 7) is 2.17. The average Bonchev–Trinajstić information content (AvgIpc) is 3.10. The molecule has 4 rings (SSSR count). The Morgan fingerprint density at radius 1 is 1.06 bits per heavy atom. The number of hydrogen-bond acceptors (Lipinski definition) is 4. The smallest absolute Gasteiger partial charge is 0.407 e. The first-order valence-electron chi connectivity index (χ1n) is 11.6. The van der Waals surface area contributed by atoms with E-state index in [1.807, 2.05) is 43.3 Å². The third-order valence-electron chi connectivity index (χ3n) is 6.89. The van der Waals surface area contributed by atoms with Gasteiger partial charge >= 0.3 is 12.1 Å². The number of carbonyl (C=O) groups is 3. The van der Waals surface area contributed by atoms with E-state index in [4.69, 9.17) is 4.74 Å². The van der Waals surface area contributed by atoms with Crippen LogP contribution in [-0.2, 0) is 14.3 Å². The lowest BCUT2D eigenvalue weighted by Gasteiger charge is -2.37. The van der Waals surface area contributed by atoms with Crippen LogP contribution in [0.4, 0.5) is 4.79 Å². The number of carboxylic acids is 1. The number of carbonyl (C=O) groups excluding carboxylic acids is 2. The van der Waals surface area contributed by atoms with Crippen molar-refractivity contribution in [3.8, 4) is 11.1 Å². The van der Waals surface area contributed by atoms with Crippen molar-refractivity contribution in [1.29, 1.82) is 0 Å². The van der Waals surface area contributed by atoms with Gasteiger partial charge in [0.05, 0.1) is 5.41 Å². The highest BCUT2D eigenvalue weighted by atomic mass is 16.5. The minimum absolute atomic E-state index is 0.0596. The number of fused-ring (bicyclic) bond motifs is 3. The fourth-order valence-electron chi connectivity index (χ4n) is 4.79. The monoisotopic (exact) mass is 450 g/mol. The van der Waals surface area contributed by atoms with Crippen LogP contribution in [-0.4, -0.2) is 42.3 Å². The summed E-state index contributed by atoms with van der Waals surface area (Å²) in [6.07, 6.45) is 2.43. The van der Waals surface area contributed by atoms with Gasteiger partial charge in [-0.2, -0.15) is 0 Å². The van der Waals surface area contributed by atoms with Crippen LogP contribution in [0.5, 0.6) is 0 Å². The van der Waals surface area contributed by atoms with Crippen LogP contribution in [0, 0.1) is 5.41 Å². The molecule has 7 nitrogen and oxygen atoms in total. The van der Waals surface area contributed by atoms with Crippen molar-refractivity contribution in [2.24, 2.45) is 5.41 Å². The molecule has 174 valence electrons. The second-order valence-electron chi connectivity index (χ2n) is 8.97. The number of hydrogen-bond donors (Lipinski definition) is 3. The highest BCUT2D eigenvalue weighted by molar-refractivity contribution is 5.86. The van der Waals surface area contributed by atoms with E-state index in [0.717, 1.165) is 28.7 Å². The standard InChI is InChI=1S/C26H30N2O5/c1-2-8-22(23(29)27-16-26(24(30)31)13-7-14-26)28-25(32)33-15-21-19-11-5-3-9-17(19)18-10-4-6-12-20(18)21/h3-6,9-12,21-22H,2,7-8,13-16H2,1H3,(H,27,29)(H,28,32)(H,30,31)/t22-/m0/s1. The van der Waals surface area contributed by atoms with E-state index in [9.17, 15) is 19.5 Å². The summed E-state index contributed by atoms with van der Waals surface area (Å²) in [4.78, 5) is 36.8. The average molecular weight is 451 g/mol. The topological polar surface area (TPSA) is 105 Å². The lowest BCUT2D eigenvalue weighted by atomic mass is 9.69. The molecule has 1 saturated carbocycles. The van der Waals surface area contributed by atoms with E-state index in [1.165, 1.54) is 0 Å². The molecule has 1 fully saturated rings. The molecule has 2 aliphatic rings. The van der Waals surface area contributed by atoms with E-state index in [0.29, 0.717) is 25.7 Å². The van der Waals surface area contributed by atoms with Crippen LogP contribution in [0.1, 0.15) is 56.1 Å². The molecule has 0 spiro atoms. The second kappa shape index (κ2) is 9.65. The zero-order valence-electron chi connectivity index (χ0n) is 18.8. The van der Waals surface area contributed by atoms with Gasteiger partial charge in [0.1, 0.15) is 12.6 Å². The molecule has 2 aromatic carbocycles. The minimum atomic E-state index is -0.884. The number of rotatable bonds is 9. The van der Waals surface area contributed by atoms with Gasteiger partial charge in [0.25, 0.3) is 0 Å². The minimum Gasteiger partial charge on any atom is -0.481 e. The van der Waals surface area contributed by atoms with E-state index in [-0.39, 0.29) is 25.0 Å². The van der Waals surface area contributed by atoms with Gasteiger partial charge in [0, 0.05) is 12.5 Å². The first-order chi connectivity index (χ1) is 15.9. The van der Waals surface area contributed by atoms with Gasteiger partial charge in [-0.1, -0.05) is 68.3 Å². The van der Waals surface area contributed by atoms with Gasteiger partial charge in [-0.15, -0.1) is 0 Å². The molecule has 2 aliphatic carbocycles. The first-order valence-corrected chi connectivity index (χ1v) is 11.6. The maximum Gasteiger partial charge on any atom is 0.407 e. The lowest BCUT2D eigenvalue weighted by molar-refractivity contribution is -0.154. The normalized spacial score (nSPS) is 16.6. The van der Waals surface area contributed by atoms with Crippen molar-refractivity contribution in [2.45, 2.75) is 51.0 Å². The Balaban J connectivity index is 1.36. The maximum absolute atomic E-state index is 12.7. The molecule has 33 heavy (non-hydrogen) atoms. The Hall–Kier alpha value is -3.35. The molecular formula is C26H30N2O5. The fraction of sp³-hybridized carbons (Fsp3) is 0.423. The summed E-state index contributed by atoms with van der Waals surface area (Å²) < 4.78 is 5.56. The van der Waals surface area contributed by atoms with E-state index in [2.05, 4.69) is 22.8 Å². The highest BCUT2D eigenvalue weighted by Crippen LogP contribution is 2.44. The van der Waals surface area contributed by atoms with Crippen LogP contribution in [0.25, 0.3) is 11.1 Å². The Kier molecular flexibility index (Phi) is 6.67. The third kappa shape index (κ3) is 4.58. The summed E-state index contributed by atoms with van der Waals surface area (Å²) in [7, 11) is 0. The van der Waals surface area contributed by atoms with E-state index in [1.54, 1.807) is 0 Å². The molecule has 1 atom stereocenters. The van der Waals surface area contributed by atoms with Crippen LogP contribution in [0.2, 0.25) is 0 Å². The van der Waals surface area contributed by atoms with Gasteiger partial charge in [-0.3, -0.25) is 9.59 Å². The summed E-state index contributed by atoms with van der Waals surface area (Å²) >= 11 is 0. The molecule has 2 amide bonds. The molecule has 2 aromatic rings. The van der Waals surface area contributed by atoms with Crippen molar-refractivity contribution >= 4 is 18.0 Å². The second-order valence-corrected chi connectivity index (χ2v) is 8.97. The van der Waals surface area contributed by atoms with E-state index >= 15 is 0 Å². The van der Waals surface area contributed by atoms with Crippen molar-refractivity contribution < 1.29 is 24.2 Å². The van der Waals surface area contributed by atoms with Crippen molar-refractivity contribution in [1.82, 2.24) is 10.6 Å². The molecule has 0 radical (unpaired) electrons. The molecule has 0 saturated heterocycles. The molecular weight excluding hydrogens is 420 g/mol. The van der Waals surface area contributed by atoms with Crippen molar-refractivity contribution in [3.05, 3.63) is 59.7 Å². The van der Waals surface area contributed by atoms with E-state index < -0.39 is 23.5 Å². The predicted octanol–water partition coefficient (Wildman–Crippen LogP) is 4.06. The number of ether oxygens (including phenoxy) is 1. The predicted molar refractivity (Wildman–Crippen MR) is 124 cm³/mol. The fourth-order valence-corrected chi connectivity index (χ4v) is 4.79. The zero-order chi connectivity index (χ0) is 23.4.